The van der Waals surface area contributed by atoms with Crippen molar-refractivity contribution in [3.8, 4) is 5.75 Å². The van der Waals surface area contributed by atoms with Crippen molar-refractivity contribution in [2.75, 3.05) is 7.11 Å². The van der Waals surface area contributed by atoms with Crippen molar-refractivity contribution in [3.63, 3.8) is 0 Å². The predicted molar refractivity (Wildman–Crippen MR) is 84.0 cm³/mol. The van der Waals surface area contributed by atoms with Crippen LogP contribution in [-0.2, 0) is 0 Å². The van der Waals surface area contributed by atoms with Crippen LogP contribution < -0.4 is 10.1 Å². The number of nitrogens with one attached hydrogen (secondary N) is 1. The first-order chi connectivity index (χ1) is 10.2. The monoisotopic (exact) mass is 287 g/mol. The van der Waals surface area contributed by atoms with Gasteiger partial charge in [0.15, 0.2) is 0 Å². The van der Waals surface area contributed by atoms with Crippen molar-refractivity contribution in [2.24, 2.45) is 0 Å². The summed E-state index contributed by atoms with van der Waals surface area (Å²) in [6.45, 7) is 4.15. The highest BCUT2D eigenvalue weighted by Crippen LogP contribution is 2.25. The number of methoxy groups -OCH3 is 1. The summed E-state index contributed by atoms with van der Waals surface area (Å²) in [5, 5.41) is 3.50. The highest BCUT2D eigenvalue weighted by atomic mass is 19.1. The molecule has 0 fully saturated rings. The molecule has 0 amide bonds. The zero-order valence-electron chi connectivity index (χ0n) is 12.8. The van der Waals surface area contributed by atoms with E-state index >= 15 is 0 Å². The Kier molecular flexibility index (Phi) is 5.34. The lowest BCUT2D eigenvalue weighted by molar-refractivity contribution is 0.413. The highest BCUT2D eigenvalue weighted by Gasteiger charge is 2.16. The van der Waals surface area contributed by atoms with Gasteiger partial charge >= 0.3 is 0 Å². The summed E-state index contributed by atoms with van der Waals surface area (Å²) < 4.78 is 19.1. The summed E-state index contributed by atoms with van der Waals surface area (Å²) >= 11 is 0. The van der Waals surface area contributed by atoms with Crippen molar-refractivity contribution in [1.29, 1.82) is 0 Å². The van der Waals surface area contributed by atoms with Gasteiger partial charge in [0.2, 0.25) is 0 Å². The van der Waals surface area contributed by atoms with Crippen LogP contribution in [0.5, 0.6) is 5.75 Å². The lowest BCUT2D eigenvalue weighted by atomic mass is 10.0. The molecule has 2 nitrogen and oxygen atoms in total. The molecule has 0 heterocycles. The summed E-state index contributed by atoms with van der Waals surface area (Å²) in [5.41, 5.74) is 1.88. The minimum atomic E-state index is -0.154. The standard InChI is InChI=1S/C18H22FNO/c1-4-18(16-7-5-6-8-17(16)19)20-13(2)14-9-11-15(21-3)12-10-14/h5-13,18,20H,4H2,1-3H3/t13-,18?/m0/s1. The van der Waals surface area contributed by atoms with E-state index in [9.17, 15) is 4.39 Å². The van der Waals surface area contributed by atoms with Gasteiger partial charge in [0, 0.05) is 17.6 Å². The molecule has 2 aromatic carbocycles. The van der Waals surface area contributed by atoms with Crippen LogP contribution in [0.1, 0.15) is 43.5 Å². The Hall–Kier alpha value is -1.87. The van der Waals surface area contributed by atoms with E-state index in [2.05, 4.69) is 19.2 Å². The number of halogens is 1. The molecule has 0 aliphatic carbocycles. The molecule has 0 saturated carbocycles. The molecule has 0 aliphatic rings. The Morgan fingerprint density at radius 3 is 2.33 bits per heavy atom. The Labute approximate surface area is 126 Å². The number of ether oxygens (including phenoxy) is 1. The molecule has 2 atom stereocenters. The van der Waals surface area contributed by atoms with E-state index < -0.39 is 0 Å². The molecule has 0 aliphatic heterocycles. The summed E-state index contributed by atoms with van der Waals surface area (Å²) in [7, 11) is 1.65. The fourth-order valence-electron chi connectivity index (χ4n) is 2.48. The summed E-state index contributed by atoms with van der Waals surface area (Å²) in [6.07, 6.45) is 0.835. The average molecular weight is 287 g/mol. The van der Waals surface area contributed by atoms with Crippen LogP contribution >= 0.6 is 0 Å². The minimum absolute atomic E-state index is 0.00306. The summed E-state index contributed by atoms with van der Waals surface area (Å²) in [6, 6.07) is 15.0. The number of benzene rings is 2. The Bertz CT molecular complexity index is 568. The second-order valence-electron chi connectivity index (χ2n) is 5.14. The second kappa shape index (κ2) is 7.23. The van der Waals surface area contributed by atoms with Gasteiger partial charge in [0.25, 0.3) is 0 Å². The third-order valence-corrected chi connectivity index (χ3v) is 3.76. The smallest absolute Gasteiger partial charge is 0.127 e. The molecule has 2 rings (SSSR count). The van der Waals surface area contributed by atoms with Crippen molar-refractivity contribution < 1.29 is 9.13 Å². The lowest BCUT2D eigenvalue weighted by Crippen LogP contribution is -2.25. The molecular formula is C18H22FNO. The molecule has 112 valence electrons. The van der Waals surface area contributed by atoms with Crippen molar-refractivity contribution in [1.82, 2.24) is 5.32 Å². The predicted octanol–water partition coefficient (Wildman–Crippen LogP) is 4.64. The van der Waals surface area contributed by atoms with E-state index in [-0.39, 0.29) is 17.9 Å². The van der Waals surface area contributed by atoms with Crippen LogP contribution in [0.25, 0.3) is 0 Å². The van der Waals surface area contributed by atoms with Crippen molar-refractivity contribution in [3.05, 3.63) is 65.5 Å². The third-order valence-electron chi connectivity index (χ3n) is 3.76. The minimum Gasteiger partial charge on any atom is -0.497 e. The SMILES string of the molecule is CCC(N[C@@H](C)c1ccc(OC)cc1)c1ccccc1F. The van der Waals surface area contributed by atoms with E-state index in [0.29, 0.717) is 0 Å². The van der Waals surface area contributed by atoms with E-state index in [1.807, 2.05) is 36.4 Å². The van der Waals surface area contributed by atoms with E-state index in [1.165, 1.54) is 6.07 Å². The third kappa shape index (κ3) is 3.82. The maximum absolute atomic E-state index is 13.9. The molecular weight excluding hydrogens is 265 g/mol. The van der Waals surface area contributed by atoms with E-state index in [1.54, 1.807) is 13.2 Å². The first-order valence-corrected chi connectivity index (χ1v) is 7.30. The molecule has 2 aromatic rings. The number of rotatable bonds is 6. The topological polar surface area (TPSA) is 21.3 Å². The van der Waals surface area contributed by atoms with Crippen LogP contribution in [0, 0.1) is 5.82 Å². The van der Waals surface area contributed by atoms with Crippen LogP contribution in [-0.4, -0.2) is 7.11 Å². The fourth-order valence-corrected chi connectivity index (χ4v) is 2.48. The van der Waals surface area contributed by atoms with Gasteiger partial charge in [-0.25, -0.2) is 4.39 Å². The zero-order valence-corrected chi connectivity index (χ0v) is 12.8. The molecule has 0 aromatic heterocycles. The molecule has 0 spiro atoms. The maximum Gasteiger partial charge on any atom is 0.127 e. The van der Waals surface area contributed by atoms with Gasteiger partial charge in [0.1, 0.15) is 11.6 Å². The van der Waals surface area contributed by atoms with E-state index in [4.69, 9.17) is 4.74 Å². The second-order valence-corrected chi connectivity index (χ2v) is 5.14. The molecule has 0 radical (unpaired) electrons. The summed E-state index contributed by atoms with van der Waals surface area (Å²) in [4.78, 5) is 0. The Balaban J connectivity index is 2.12. The van der Waals surface area contributed by atoms with Gasteiger partial charge in [-0.3, -0.25) is 0 Å². The summed E-state index contributed by atoms with van der Waals surface area (Å²) in [5.74, 6) is 0.686. The van der Waals surface area contributed by atoms with Gasteiger partial charge < -0.3 is 10.1 Å². The highest BCUT2D eigenvalue weighted by molar-refractivity contribution is 5.29. The fraction of sp³-hybridized carbons (Fsp3) is 0.333. The van der Waals surface area contributed by atoms with E-state index in [0.717, 1.165) is 23.3 Å². The van der Waals surface area contributed by atoms with Gasteiger partial charge in [-0.2, -0.15) is 0 Å². The molecule has 1 unspecified atom stereocenters. The molecule has 0 bridgehead atoms. The number of hydrogen-bond acceptors (Lipinski definition) is 2. The molecule has 0 saturated heterocycles. The Morgan fingerprint density at radius 1 is 1.10 bits per heavy atom. The zero-order chi connectivity index (χ0) is 15.2. The molecule has 3 heteroatoms. The quantitative estimate of drug-likeness (QED) is 0.836. The normalized spacial score (nSPS) is 13.7. The van der Waals surface area contributed by atoms with Crippen LogP contribution in [0.4, 0.5) is 4.39 Å². The molecule has 21 heavy (non-hydrogen) atoms. The lowest BCUT2D eigenvalue weighted by Gasteiger charge is -2.23. The largest absolute Gasteiger partial charge is 0.497 e. The van der Waals surface area contributed by atoms with Gasteiger partial charge in [0.05, 0.1) is 7.11 Å². The van der Waals surface area contributed by atoms with Crippen molar-refractivity contribution in [2.45, 2.75) is 32.4 Å². The first kappa shape index (κ1) is 15.5. The maximum atomic E-state index is 13.9. The van der Waals surface area contributed by atoms with Crippen LogP contribution in [0.15, 0.2) is 48.5 Å². The van der Waals surface area contributed by atoms with Crippen LogP contribution in [0.2, 0.25) is 0 Å². The van der Waals surface area contributed by atoms with Crippen LogP contribution in [0.3, 0.4) is 0 Å². The average Bonchev–Trinajstić information content (AvgIpc) is 2.53. The number of hydrogen-bond donors (Lipinski definition) is 1. The van der Waals surface area contributed by atoms with Gasteiger partial charge in [-0.05, 0) is 37.1 Å². The molecule has 1 N–H and O–H groups in total. The Morgan fingerprint density at radius 2 is 1.76 bits per heavy atom. The first-order valence-electron chi connectivity index (χ1n) is 7.30. The van der Waals surface area contributed by atoms with Gasteiger partial charge in [-0.15, -0.1) is 0 Å². The van der Waals surface area contributed by atoms with Gasteiger partial charge in [-0.1, -0.05) is 37.3 Å². The van der Waals surface area contributed by atoms with Crippen molar-refractivity contribution >= 4 is 0 Å².